The van der Waals surface area contributed by atoms with Crippen LogP contribution in [0.5, 0.6) is 0 Å². The fraction of sp³-hybridized carbons (Fsp3) is 0.875. The highest BCUT2D eigenvalue weighted by Crippen LogP contribution is 1.96. The number of carbonyl (C=O) groups excluding carboxylic acids is 1. The number of nitrogens with two attached hydrogens (primary N) is 1. The van der Waals surface area contributed by atoms with Gasteiger partial charge in [0.15, 0.2) is 0 Å². The molecule has 0 aliphatic rings. The zero-order chi connectivity index (χ0) is 10.3. The summed E-state index contributed by atoms with van der Waals surface area (Å²) >= 11 is 0. The van der Waals surface area contributed by atoms with E-state index in [1.807, 2.05) is 13.8 Å². The summed E-state index contributed by atoms with van der Waals surface area (Å²) in [6.45, 7) is 4.71. The monoisotopic (exact) mass is 206 g/mol. The average molecular weight is 206 g/mol. The Kier molecular flexibility index (Phi) is 6.80. The van der Waals surface area contributed by atoms with Crippen molar-refractivity contribution < 1.29 is 9.00 Å². The van der Waals surface area contributed by atoms with Crippen molar-refractivity contribution in [2.75, 3.05) is 18.8 Å². The van der Waals surface area contributed by atoms with Crippen molar-refractivity contribution in [2.45, 2.75) is 25.5 Å². The molecule has 0 fully saturated rings. The first-order chi connectivity index (χ1) is 6.11. The van der Waals surface area contributed by atoms with E-state index in [0.717, 1.165) is 0 Å². The molecule has 0 bridgehead atoms. The second kappa shape index (κ2) is 7.03. The molecule has 1 amide bonds. The Labute approximate surface area is 81.7 Å². The Balaban J connectivity index is 3.63. The van der Waals surface area contributed by atoms with Crippen LogP contribution in [0.1, 0.15) is 20.3 Å². The SMILES string of the molecule is CCNC(=O)CCS(=O)C(C)CN. The number of amides is 1. The Morgan fingerprint density at radius 2 is 2.23 bits per heavy atom. The Hall–Kier alpha value is -0.420. The predicted octanol–water partition coefficient (Wildman–Crippen LogP) is -0.391. The fourth-order valence-corrected chi connectivity index (χ4v) is 1.79. The van der Waals surface area contributed by atoms with Crippen LogP contribution < -0.4 is 11.1 Å². The maximum atomic E-state index is 11.3. The van der Waals surface area contributed by atoms with Gasteiger partial charge in [0.05, 0.1) is 0 Å². The van der Waals surface area contributed by atoms with Crippen LogP contribution in [-0.4, -0.2) is 34.2 Å². The van der Waals surface area contributed by atoms with Gasteiger partial charge in [0.1, 0.15) is 0 Å². The van der Waals surface area contributed by atoms with Crippen molar-refractivity contribution in [3.63, 3.8) is 0 Å². The van der Waals surface area contributed by atoms with Crippen molar-refractivity contribution in [1.82, 2.24) is 5.32 Å². The fourth-order valence-electron chi connectivity index (χ4n) is 0.787. The standard InChI is InChI=1S/C8H18N2O2S/c1-3-10-8(11)4-5-13(12)7(2)6-9/h7H,3-6,9H2,1-2H3,(H,10,11). The van der Waals surface area contributed by atoms with Crippen LogP contribution in [0.4, 0.5) is 0 Å². The van der Waals surface area contributed by atoms with Crippen LogP contribution in [0.25, 0.3) is 0 Å². The van der Waals surface area contributed by atoms with E-state index in [1.165, 1.54) is 0 Å². The number of carbonyl (C=O) groups is 1. The van der Waals surface area contributed by atoms with Gasteiger partial charge in [-0.1, -0.05) is 0 Å². The van der Waals surface area contributed by atoms with Gasteiger partial charge < -0.3 is 11.1 Å². The first-order valence-corrected chi connectivity index (χ1v) is 5.84. The summed E-state index contributed by atoms with van der Waals surface area (Å²) in [6, 6.07) is 0. The maximum Gasteiger partial charge on any atom is 0.220 e. The van der Waals surface area contributed by atoms with E-state index >= 15 is 0 Å². The van der Waals surface area contributed by atoms with Crippen molar-refractivity contribution in [2.24, 2.45) is 5.73 Å². The first-order valence-electron chi connectivity index (χ1n) is 4.45. The van der Waals surface area contributed by atoms with Crippen LogP contribution >= 0.6 is 0 Å². The average Bonchev–Trinajstić information content (AvgIpc) is 2.13. The summed E-state index contributed by atoms with van der Waals surface area (Å²) in [5, 5.41) is 2.63. The Morgan fingerprint density at radius 1 is 1.62 bits per heavy atom. The van der Waals surface area contributed by atoms with Gasteiger partial charge >= 0.3 is 0 Å². The van der Waals surface area contributed by atoms with Gasteiger partial charge in [0, 0.05) is 41.3 Å². The largest absolute Gasteiger partial charge is 0.356 e. The molecule has 4 nitrogen and oxygen atoms in total. The maximum absolute atomic E-state index is 11.3. The molecule has 0 aliphatic carbocycles. The van der Waals surface area contributed by atoms with Gasteiger partial charge in [-0.15, -0.1) is 0 Å². The molecule has 0 saturated heterocycles. The van der Waals surface area contributed by atoms with Gasteiger partial charge in [-0.2, -0.15) is 0 Å². The minimum Gasteiger partial charge on any atom is -0.356 e. The molecule has 0 rings (SSSR count). The normalized spacial score (nSPS) is 15.0. The summed E-state index contributed by atoms with van der Waals surface area (Å²) in [4.78, 5) is 11.0. The van der Waals surface area contributed by atoms with E-state index in [9.17, 15) is 9.00 Å². The summed E-state index contributed by atoms with van der Waals surface area (Å²) in [5.41, 5.74) is 5.34. The lowest BCUT2D eigenvalue weighted by molar-refractivity contribution is -0.120. The van der Waals surface area contributed by atoms with Crippen molar-refractivity contribution >= 4 is 16.7 Å². The van der Waals surface area contributed by atoms with Gasteiger partial charge in [0.25, 0.3) is 0 Å². The summed E-state index contributed by atoms with van der Waals surface area (Å²) in [5.74, 6) is 0.365. The second-order valence-corrected chi connectivity index (χ2v) is 4.81. The second-order valence-electron chi connectivity index (χ2n) is 2.83. The van der Waals surface area contributed by atoms with Crippen molar-refractivity contribution in [3.8, 4) is 0 Å². The predicted molar refractivity (Wildman–Crippen MR) is 54.8 cm³/mol. The molecule has 0 heterocycles. The number of rotatable bonds is 6. The van der Waals surface area contributed by atoms with E-state index in [2.05, 4.69) is 5.32 Å². The van der Waals surface area contributed by atoms with Gasteiger partial charge in [0.2, 0.25) is 5.91 Å². The van der Waals surface area contributed by atoms with Crippen molar-refractivity contribution in [3.05, 3.63) is 0 Å². The Bertz CT molecular complexity index is 185. The molecule has 13 heavy (non-hydrogen) atoms. The van der Waals surface area contributed by atoms with E-state index in [0.29, 0.717) is 25.3 Å². The molecule has 2 atom stereocenters. The van der Waals surface area contributed by atoms with Crippen molar-refractivity contribution in [1.29, 1.82) is 0 Å². The molecule has 0 saturated carbocycles. The number of nitrogens with one attached hydrogen (secondary N) is 1. The zero-order valence-electron chi connectivity index (χ0n) is 8.21. The topological polar surface area (TPSA) is 72.2 Å². The van der Waals surface area contributed by atoms with Crippen LogP contribution in [-0.2, 0) is 15.6 Å². The molecule has 2 unspecified atom stereocenters. The molecular formula is C8H18N2O2S. The van der Waals surface area contributed by atoms with Gasteiger partial charge in [-0.05, 0) is 13.8 Å². The lowest BCUT2D eigenvalue weighted by atomic mass is 10.4. The molecule has 0 spiro atoms. The smallest absolute Gasteiger partial charge is 0.220 e. The molecule has 0 radical (unpaired) electrons. The Morgan fingerprint density at radius 3 is 2.69 bits per heavy atom. The molecule has 78 valence electrons. The quantitative estimate of drug-likeness (QED) is 0.621. The molecule has 0 aromatic heterocycles. The van der Waals surface area contributed by atoms with E-state index < -0.39 is 10.8 Å². The summed E-state index contributed by atoms with van der Waals surface area (Å²) < 4.78 is 11.3. The molecular weight excluding hydrogens is 188 g/mol. The summed E-state index contributed by atoms with van der Waals surface area (Å²) in [7, 11) is -0.975. The molecule has 5 heteroatoms. The minimum atomic E-state index is -0.975. The van der Waals surface area contributed by atoms with E-state index in [-0.39, 0.29) is 11.2 Å². The number of hydrogen-bond donors (Lipinski definition) is 2. The molecule has 0 aromatic carbocycles. The van der Waals surface area contributed by atoms with Gasteiger partial charge in [-0.3, -0.25) is 9.00 Å². The number of hydrogen-bond acceptors (Lipinski definition) is 3. The first kappa shape index (κ1) is 12.6. The third-order valence-corrected chi connectivity index (χ3v) is 3.38. The highest BCUT2D eigenvalue weighted by atomic mass is 32.2. The minimum absolute atomic E-state index is 0.0190. The van der Waals surface area contributed by atoms with Crippen LogP contribution in [0.3, 0.4) is 0 Å². The highest BCUT2D eigenvalue weighted by molar-refractivity contribution is 7.85. The molecule has 0 aromatic rings. The van der Waals surface area contributed by atoms with Crippen LogP contribution in [0, 0.1) is 0 Å². The van der Waals surface area contributed by atoms with Crippen LogP contribution in [0.15, 0.2) is 0 Å². The van der Waals surface area contributed by atoms with E-state index in [1.54, 1.807) is 0 Å². The zero-order valence-corrected chi connectivity index (χ0v) is 9.02. The lowest BCUT2D eigenvalue weighted by Crippen LogP contribution is -2.28. The third kappa shape index (κ3) is 5.76. The van der Waals surface area contributed by atoms with Gasteiger partial charge in [-0.25, -0.2) is 0 Å². The summed E-state index contributed by atoms with van der Waals surface area (Å²) in [6.07, 6.45) is 0.324. The third-order valence-electron chi connectivity index (χ3n) is 1.68. The molecule has 0 aliphatic heterocycles. The van der Waals surface area contributed by atoms with E-state index in [4.69, 9.17) is 5.73 Å². The van der Waals surface area contributed by atoms with Crippen LogP contribution in [0.2, 0.25) is 0 Å². The lowest BCUT2D eigenvalue weighted by Gasteiger charge is -2.07. The highest BCUT2D eigenvalue weighted by Gasteiger charge is 2.10. The molecule has 3 N–H and O–H groups in total.